The van der Waals surface area contributed by atoms with Crippen molar-refractivity contribution in [1.82, 2.24) is 19.7 Å². The fourth-order valence-electron chi connectivity index (χ4n) is 3.20. The van der Waals surface area contributed by atoms with Gasteiger partial charge in [-0.15, -0.1) is 0 Å². The lowest BCUT2D eigenvalue weighted by Crippen LogP contribution is -2.24. The Bertz CT molecular complexity index is 1030. The molecule has 0 aliphatic carbocycles. The molecule has 1 aromatic carbocycles. The molecule has 1 unspecified atom stereocenters. The number of hydrogen-bond acceptors (Lipinski definition) is 7. The molecule has 1 atom stereocenters. The number of nitrogen functional groups attached to an aromatic ring is 1. The highest BCUT2D eigenvalue weighted by Gasteiger charge is 2.22. The zero-order valence-electron chi connectivity index (χ0n) is 18.1. The predicted octanol–water partition coefficient (Wildman–Crippen LogP) is 4.69. The number of fused-ring (bicyclic) bond motifs is 1. The van der Waals surface area contributed by atoms with Crippen LogP contribution in [0.5, 0.6) is 0 Å². The molecule has 30 heavy (non-hydrogen) atoms. The average molecular weight is 432 g/mol. The van der Waals surface area contributed by atoms with Crippen LogP contribution in [0.2, 0.25) is 5.02 Å². The van der Waals surface area contributed by atoms with E-state index in [0.29, 0.717) is 22.5 Å². The number of aliphatic hydroxyl groups excluding tert-OH is 1. The smallest absolute Gasteiger partial charge is 0.225 e. The second-order valence-electron chi connectivity index (χ2n) is 7.96. The molecule has 162 valence electrons. The van der Waals surface area contributed by atoms with Gasteiger partial charge in [-0.1, -0.05) is 32.4 Å². The minimum atomic E-state index is -0.135. The third-order valence-corrected chi connectivity index (χ3v) is 5.26. The Morgan fingerprint density at radius 1 is 1.20 bits per heavy atom. The summed E-state index contributed by atoms with van der Waals surface area (Å²) in [5.41, 5.74) is 9.74. The summed E-state index contributed by atoms with van der Waals surface area (Å²) >= 11 is 6.07. The highest BCUT2D eigenvalue weighted by atomic mass is 35.5. The molecule has 3 rings (SSSR count). The van der Waals surface area contributed by atoms with Crippen LogP contribution in [0.1, 0.15) is 58.7 Å². The monoisotopic (exact) mass is 431 g/mol. The predicted molar refractivity (Wildman–Crippen MR) is 124 cm³/mol. The van der Waals surface area contributed by atoms with E-state index in [-0.39, 0.29) is 24.6 Å². The fourth-order valence-corrected chi connectivity index (χ4v) is 3.31. The van der Waals surface area contributed by atoms with E-state index in [1.165, 1.54) is 0 Å². The molecule has 2 aromatic heterocycles. The van der Waals surface area contributed by atoms with Gasteiger partial charge in [-0.3, -0.25) is 4.68 Å². The number of nitrogens with two attached hydrogens (primary N) is 1. The first-order valence-corrected chi connectivity index (χ1v) is 10.6. The molecule has 0 aliphatic rings. The summed E-state index contributed by atoms with van der Waals surface area (Å²) in [5, 5.41) is 21.5. The van der Waals surface area contributed by atoms with Crippen LogP contribution >= 0.6 is 11.6 Å². The van der Waals surface area contributed by atoms with E-state index in [1.807, 2.05) is 17.7 Å². The quantitative estimate of drug-likeness (QED) is 0.382. The average Bonchev–Trinajstić information content (AvgIpc) is 3.09. The molecular formula is C21H30ClN7O. The van der Waals surface area contributed by atoms with Gasteiger partial charge in [0, 0.05) is 11.7 Å². The van der Waals surface area contributed by atoms with Crippen LogP contribution < -0.4 is 16.4 Å². The van der Waals surface area contributed by atoms with E-state index in [4.69, 9.17) is 32.4 Å². The van der Waals surface area contributed by atoms with Crippen molar-refractivity contribution in [2.45, 2.75) is 59.0 Å². The fraction of sp³-hybridized carbons (Fsp3) is 0.476. The first-order valence-electron chi connectivity index (χ1n) is 10.2. The lowest BCUT2D eigenvalue weighted by molar-refractivity contribution is 0.271. The molecule has 5 N–H and O–H groups in total. The Morgan fingerprint density at radius 2 is 1.93 bits per heavy atom. The summed E-state index contributed by atoms with van der Waals surface area (Å²) in [7, 11) is 0. The van der Waals surface area contributed by atoms with Crippen molar-refractivity contribution in [3.05, 3.63) is 28.9 Å². The number of aliphatic hydroxyl groups is 1. The highest BCUT2D eigenvalue weighted by Crippen LogP contribution is 2.33. The van der Waals surface area contributed by atoms with Gasteiger partial charge in [-0.05, 0) is 44.4 Å². The van der Waals surface area contributed by atoms with Gasteiger partial charge in [0.2, 0.25) is 5.95 Å². The number of anilines is 4. The summed E-state index contributed by atoms with van der Waals surface area (Å²) in [6.45, 7) is 10.3. The zero-order valence-corrected chi connectivity index (χ0v) is 18.8. The summed E-state index contributed by atoms with van der Waals surface area (Å²) in [6, 6.07) is 5.35. The van der Waals surface area contributed by atoms with Crippen LogP contribution in [0.25, 0.3) is 11.0 Å². The minimum absolute atomic E-state index is 0.00330. The van der Waals surface area contributed by atoms with Crippen molar-refractivity contribution in [2.24, 2.45) is 0 Å². The first kappa shape index (κ1) is 22.1. The molecular weight excluding hydrogens is 402 g/mol. The summed E-state index contributed by atoms with van der Waals surface area (Å²) < 4.78 is 1.94. The Morgan fingerprint density at radius 3 is 2.50 bits per heavy atom. The van der Waals surface area contributed by atoms with Crippen LogP contribution in [0.4, 0.5) is 23.1 Å². The maximum Gasteiger partial charge on any atom is 0.225 e. The molecule has 3 aromatic rings. The van der Waals surface area contributed by atoms with E-state index in [9.17, 15) is 5.11 Å². The van der Waals surface area contributed by atoms with Gasteiger partial charge in [0.25, 0.3) is 0 Å². The Labute approximate surface area is 181 Å². The lowest BCUT2D eigenvalue weighted by atomic mass is 10.1. The SMILES string of the molecule is CCC(CO)Nc1nc(Nc2ccc(Cl)c(N)c2)c2c(n1)c(C(C)C)nn2C(C)C. The van der Waals surface area contributed by atoms with E-state index in [2.05, 4.69) is 38.3 Å². The van der Waals surface area contributed by atoms with Gasteiger partial charge in [0.1, 0.15) is 11.0 Å². The van der Waals surface area contributed by atoms with Gasteiger partial charge >= 0.3 is 0 Å². The third-order valence-electron chi connectivity index (χ3n) is 4.91. The number of nitrogens with zero attached hydrogens (tertiary/aromatic N) is 4. The normalized spacial score (nSPS) is 12.7. The van der Waals surface area contributed by atoms with Gasteiger partial charge < -0.3 is 21.5 Å². The van der Waals surface area contributed by atoms with Crippen LogP contribution in [0.3, 0.4) is 0 Å². The summed E-state index contributed by atoms with van der Waals surface area (Å²) in [6.07, 6.45) is 0.747. The molecule has 0 bridgehead atoms. The second-order valence-corrected chi connectivity index (χ2v) is 8.37. The molecule has 2 heterocycles. The number of aromatic nitrogens is 4. The number of halogens is 1. The molecule has 0 aliphatic heterocycles. The largest absolute Gasteiger partial charge is 0.397 e. The Hall–Kier alpha value is -2.58. The molecule has 0 amide bonds. The Balaban J connectivity index is 2.21. The maximum absolute atomic E-state index is 9.60. The van der Waals surface area contributed by atoms with Crippen LogP contribution in [0.15, 0.2) is 18.2 Å². The maximum atomic E-state index is 9.60. The van der Waals surface area contributed by atoms with Gasteiger partial charge in [-0.25, -0.2) is 4.98 Å². The Kier molecular flexibility index (Phi) is 6.67. The van der Waals surface area contributed by atoms with Gasteiger partial charge in [0.05, 0.1) is 29.1 Å². The summed E-state index contributed by atoms with van der Waals surface area (Å²) in [5.74, 6) is 1.25. The molecule has 0 radical (unpaired) electrons. The van der Waals surface area contributed by atoms with Crippen molar-refractivity contribution in [1.29, 1.82) is 0 Å². The molecule has 9 heteroatoms. The second kappa shape index (κ2) is 9.06. The molecule has 0 saturated heterocycles. The molecule has 8 nitrogen and oxygen atoms in total. The molecule has 0 spiro atoms. The van der Waals surface area contributed by atoms with Crippen molar-refractivity contribution in [3.8, 4) is 0 Å². The van der Waals surface area contributed by atoms with Gasteiger partial charge in [0.15, 0.2) is 5.82 Å². The number of benzene rings is 1. The number of rotatable bonds is 8. The van der Waals surface area contributed by atoms with Crippen molar-refractivity contribution >= 4 is 45.8 Å². The molecule has 0 saturated carbocycles. The van der Waals surface area contributed by atoms with Crippen molar-refractivity contribution < 1.29 is 5.11 Å². The van der Waals surface area contributed by atoms with E-state index < -0.39 is 0 Å². The van der Waals surface area contributed by atoms with Crippen molar-refractivity contribution in [2.75, 3.05) is 23.0 Å². The molecule has 0 fully saturated rings. The van der Waals surface area contributed by atoms with Crippen LogP contribution in [-0.2, 0) is 0 Å². The third kappa shape index (κ3) is 4.44. The highest BCUT2D eigenvalue weighted by molar-refractivity contribution is 6.33. The minimum Gasteiger partial charge on any atom is -0.397 e. The number of hydrogen-bond donors (Lipinski definition) is 4. The van der Waals surface area contributed by atoms with E-state index in [0.717, 1.165) is 28.8 Å². The van der Waals surface area contributed by atoms with E-state index >= 15 is 0 Å². The van der Waals surface area contributed by atoms with E-state index in [1.54, 1.807) is 12.1 Å². The zero-order chi connectivity index (χ0) is 22.0. The van der Waals surface area contributed by atoms with Gasteiger partial charge in [-0.2, -0.15) is 10.1 Å². The van der Waals surface area contributed by atoms with Crippen molar-refractivity contribution in [3.63, 3.8) is 0 Å². The topological polar surface area (TPSA) is 114 Å². The number of nitrogens with one attached hydrogen (secondary N) is 2. The standard InChI is InChI=1S/C21H30ClN7O/c1-6-13(10-30)25-21-26-18-17(11(2)3)28-29(12(4)5)19(18)20(27-21)24-14-7-8-15(22)16(23)9-14/h7-9,11-13,30H,6,10,23H2,1-5H3,(H2,24,25,26,27). The van der Waals surface area contributed by atoms with Crippen LogP contribution in [0, 0.1) is 0 Å². The first-order chi connectivity index (χ1) is 14.2. The van der Waals surface area contributed by atoms with Crippen LogP contribution in [-0.4, -0.2) is 37.5 Å². The summed E-state index contributed by atoms with van der Waals surface area (Å²) in [4.78, 5) is 9.49. The lowest BCUT2D eigenvalue weighted by Gasteiger charge is -2.17.